The molecule has 0 radical (unpaired) electrons. The Morgan fingerprint density at radius 3 is 2.34 bits per heavy atom. The summed E-state index contributed by atoms with van der Waals surface area (Å²) < 4.78 is 11.3. The average molecular weight is 430 g/mol. The highest BCUT2D eigenvalue weighted by Gasteiger charge is 2.37. The van der Waals surface area contributed by atoms with E-state index >= 15 is 0 Å². The number of ether oxygens (including phenoxy) is 2. The standard InChI is InChI=1S/C27H31N3O2/c1-18(2)32-25-12-11-21(13-19(25)3)27(16-26(28)29-17-27)20-7-5-8-22(14-20)30-23-9-6-10-24(15-23)31-4/h5-16,18,29-30H,17,28H2,1-4H3. The minimum atomic E-state index is -0.364. The first-order valence-corrected chi connectivity index (χ1v) is 10.9. The molecule has 1 aliphatic rings. The molecular weight excluding hydrogens is 398 g/mol. The van der Waals surface area contributed by atoms with Crippen LogP contribution in [0.15, 0.2) is 78.6 Å². The van der Waals surface area contributed by atoms with Crippen molar-refractivity contribution in [1.82, 2.24) is 5.32 Å². The van der Waals surface area contributed by atoms with Crippen molar-refractivity contribution in [2.75, 3.05) is 19.0 Å². The van der Waals surface area contributed by atoms with Crippen molar-refractivity contribution < 1.29 is 9.47 Å². The maximum Gasteiger partial charge on any atom is 0.122 e. The van der Waals surface area contributed by atoms with E-state index in [1.807, 2.05) is 38.1 Å². The zero-order valence-electron chi connectivity index (χ0n) is 19.1. The number of hydrogen-bond donors (Lipinski definition) is 3. The molecule has 5 nitrogen and oxygen atoms in total. The van der Waals surface area contributed by atoms with E-state index in [9.17, 15) is 0 Å². The van der Waals surface area contributed by atoms with Gasteiger partial charge in [0.1, 0.15) is 11.5 Å². The second-order valence-electron chi connectivity index (χ2n) is 8.51. The topological polar surface area (TPSA) is 68.5 Å². The lowest BCUT2D eigenvalue weighted by atomic mass is 9.75. The summed E-state index contributed by atoms with van der Waals surface area (Å²) in [4.78, 5) is 0. The highest BCUT2D eigenvalue weighted by molar-refractivity contribution is 5.64. The first-order valence-electron chi connectivity index (χ1n) is 10.9. The Labute approximate surface area is 190 Å². The zero-order chi connectivity index (χ0) is 22.7. The minimum Gasteiger partial charge on any atom is -0.497 e. The highest BCUT2D eigenvalue weighted by Crippen LogP contribution is 2.39. The van der Waals surface area contributed by atoms with Crippen molar-refractivity contribution in [2.45, 2.75) is 32.3 Å². The van der Waals surface area contributed by atoms with Gasteiger partial charge in [-0.1, -0.05) is 30.3 Å². The number of nitrogens with one attached hydrogen (secondary N) is 2. The molecule has 4 rings (SSSR count). The fraction of sp³-hybridized carbons (Fsp3) is 0.259. The Morgan fingerprint density at radius 1 is 0.969 bits per heavy atom. The van der Waals surface area contributed by atoms with Crippen molar-refractivity contribution in [3.05, 3.63) is 95.3 Å². The van der Waals surface area contributed by atoms with Gasteiger partial charge in [-0.25, -0.2) is 0 Å². The molecule has 4 N–H and O–H groups in total. The van der Waals surface area contributed by atoms with Crippen molar-refractivity contribution >= 4 is 11.4 Å². The predicted octanol–water partition coefficient (Wildman–Crippen LogP) is 5.22. The van der Waals surface area contributed by atoms with Gasteiger partial charge in [0.05, 0.1) is 24.4 Å². The van der Waals surface area contributed by atoms with Crippen molar-refractivity contribution in [3.63, 3.8) is 0 Å². The Kier molecular flexibility index (Phi) is 5.99. The number of rotatable bonds is 7. The molecule has 1 heterocycles. The van der Waals surface area contributed by atoms with Crippen LogP contribution in [0.3, 0.4) is 0 Å². The molecule has 0 spiro atoms. The zero-order valence-corrected chi connectivity index (χ0v) is 19.1. The van der Waals surface area contributed by atoms with Crippen molar-refractivity contribution in [2.24, 2.45) is 5.73 Å². The number of aryl methyl sites for hydroxylation is 1. The summed E-state index contributed by atoms with van der Waals surface area (Å²) in [5.74, 6) is 2.42. The quantitative estimate of drug-likeness (QED) is 0.480. The number of anilines is 2. The molecule has 0 bridgehead atoms. The van der Waals surface area contributed by atoms with E-state index in [0.717, 1.165) is 34.0 Å². The molecule has 0 saturated carbocycles. The van der Waals surface area contributed by atoms with Crippen LogP contribution < -0.4 is 25.8 Å². The van der Waals surface area contributed by atoms with E-state index < -0.39 is 0 Å². The number of hydrogen-bond acceptors (Lipinski definition) is 5. The van der Waals surface area contributed by atoms with Crippen LogP contribution in [0.1, 0.15) is 30.5 Å². The normalized spacial score (nSPS) is 17.6. The van der Waals surface area contributed by atoms with Gasteiger partial charge >= 0.3 is 0 Å². The summed E-state index contributed by atoms with van der Waals surface area (Å²) in [5.41, 5.74) is 11.3. The van der Waals surface area contributed by atoms with Crippen LogP contribution in [0.5, 0.6) is 11.5 Å². The Balaban J connectivity index is 1.71. The lowest BCUT2D eigenvalue weighted by Crippen LogP contribution is -2.31. The van der Waals surface area contributed by atoms with Crippen LogP contribution >= 0.6 is 0 Å². The van der Waals surface area contributed by atoms with Crippen LogP contribution in [0.25, 0.3) is 0 Å². The molecule has 32 heavy (non-hydrogen) atoms. The van der Waals surface area contributed by atoms with Crippen LogP contribution in [-0.2, 0) is 5.41 Å². The molecule has 0 saturated heterocycles. The van der Waals surface area contributed by atoms with Crippen molar-refractivity contribution in [3.8, 4) is 11.5 Å². The average Bonchev–Trinajstić information content (AvgIpc) is 3.18. The van der Waals surface area contributed by atoms with Gasteiger partial charge in [0.2, 0.25) is 0 Å². The molecule has 166 valence electrons. The third-order valence-electron chi connectivity index (χ3n) is 5.76. The molecule has 1 aliphatic heterocycles. The maximum absolute atomic E-state index is 6.21. The summed E-state index contributed by atoms with van der Waals surface area (Å²) >= 11 is 0. The van der Waals surface area contributed by atoms with Gasteiger partial charge in [0.25, 0.3) is 0 Å². The lowest BCUT2D eigenvalue weighted by Gasteiger charge is -2.29. The first-order chi connectivity index (χ1) is 15.4. The van der Waals surface area contributed by atoms with Crippen LogP contribution in [0.2, 0.25) is 0 Å². The second-order valence-corrected chi connectivity index (χ2v) is 8.51. The first kappa shape index (κ1) is 21.6. The molecule has 0 fully saturated rings. The fourth-order valence-electron chi connectivity index (χ4n) is 4.20. The number of nitrogens with two attached hydrogens (primary N) is 1. The molecule has 1 unspecified atom stereocenters. The van der Waals surface area contributed by atoms with Gasteiger partial charge in [-0.05, 0) is 73.9 Å². The number of methoxy groups -OCH3 is 1. The van der Waals surface area contributed by atoms with E-state index in [0.29, 0.717) is 12.4 Å². The summed E-state index contributed by atoms with van der Waals surface area (Å²) in [5, 5.41) is 6.82. The van der Waals surface area contributed by atoms with E-state index in [1.54, 1.807) is 7.11 Å². The monoisotopic (exact) mass is 429 g/mol. The molecule has 3 aromatic carbocycles. The molecule has 3 aromatic rings. The second kappa shape index (κ2) is 8.87. The molecular formula is C27H31N3O2. The molecule has 5 heteroatoms. The van der Waals surface area contributed by atoms with Gasteiger partial charge in [-0.15, -0.1) is 0 Å². The van der Waals surface area contributed by atoms with E-state index in [1.165, 1.54) is 5.56 Å². The minimum absolute atomic E-state index is 0.136. The summed E-state index contributed by atoms with van der Waals surface area (Å²) in [6.45, 7) is 6.87. The molecule has 0 aromatic heterocycles. The SMILES string of the molecule is COc1cccc(Nc2cccc(C3(c4ccc(OC(C)C)c(C)c4)C=C(N)NC3)c2)c1. The Hall–Kier alpha value is -3.60. The van der Waals surface area contributed by atoms with Crippen LogP contribution in [0, 0.1) is 6.92 Å². The van der Waals surface area contributed by atoms with Gasteiger partial charge in [0, 0.05) is 24.0 Å². The van der Waals surface area contributed by atoms with E-state index in [-0.39, 0.29) is 11.5 Å². The molecule has 0 aliphatic carbocycles. The smallest absolute Gasteiger partial charge is 0.122 e. The summed E-state index contributed by atoms with van der Waals surface area (Å²) in [6.07, 6.45) is 2.26. The third-order valence-corrected chi connectivity index (χ3v) is 5.76. The lowest BCUT2D eigenvalue weighted by molar-refractivity contribution is 0.240. The highest BCUT2D eigenvalue weighted by atomic mass is 16.5. The Bertz CT molecular complexity index is 1140. The van der Waals surface area contributed by atoms with E-state index in [4.69, 9.17) is 15.2 Å². The van der Waals surface area contributed by atoms with Crippen LogP contribution in [0.4, 0.5) is 11.4 Å². The fourth-order valence-corrected chi connectivity index (χ4v) is 4.20. The largest absolute Gasteiger partial charge is 0.497 e. The van der Waals surface area contributed by atoms with E-state index in [2.05, 4.69) is 66.1 Å². The number of benzene rings is 3. The third kappa shape index (κ3) is 4.37. The molecule has 1 atom stereocenters. The van der Waals surface area contributed by atoms with Crippen molar-refractivity contribution in [1.29, 1.82) is 0 Å². The molecule has 0 amide bonds. The van der Waals surface area contributed by atoms with Gasteiger partial charge < -0.3 is 25.8 Å². The van der Waals surface area contributed by atoms with Crippen LogP contribution in [-0.4, -0.2) is 19.8 Å². The van der Waals surface area contributed by atoms with Gasteiger partial charge in [0.15, 0.2) is 0 Å². The predicted molar refractivity (Wildman–Crippen MR) is 131 cm³/mol. The maximum atomic E-state index is 6.21. The summed E-state index contributed by atoms with van der Waals surface area (Å²) in [7, 11) is 1.67. The Morgan fingerprint density at radius 2 is 1.69 bits per heavy atom. The summed E-state index contributed by atoms with van der Waals surface area (Å²) in [6, 6.07) is 22.8. The van der Waals surface area contributed by atoms with Gasteiger partial charge in [-0.2, -0.15) is 0 Å². The van der Waals surface area contributed by atoms with Gasteiger partial charge in [-0.3, -0.25) is 0 Å².